The van der Waals surface area contributed by atoms with Crippen LogP contribution in [0.4, 0.5) is 0 Å². The van der Waals surface area contributed by atoms with Crippen molar-refractivity contribution in [3.63, 3.8) is 0 Å². The molecule has 0 aliphatic heterocycles. The van der Waals surface area contributed by atoms with Gasteiger partial charge in [0, 0.05) is 17.3 Å². The van der Waals surface area contributed by atoms with Crippen molar-refractivity contribution in [2.45, 2.75) is 13.3 Å². The van der Waals surface area contributed by atoms with Crippen molar-refractivity contribution < 1.29 is 9.53 Å². The Hall–Kier alpha value is -1.84. The van der Waals surface area contributed by atoms with E-state index >= 15 is 0 Å². The molecule has 2 aromatic rings. The first-order chi connectivity index (χ1) is 7.29. The summed E-state index contributed by atoms with van der Waals surface area (Å²) < 4.78 is 4.86. The number of carbonyl (C=O) groups is 1. The zero-order valence-electron chi connectivity index (χ0n) is 8.49. The van der Waals surface area contributed by atoms with Gasteiger partial charge in [0.15, 0.2) is 0 Å². The average Bonchev–Trinajstić information content (AvgIpc) is 2.59. The molecule has 0 unspecified atom stereocenters. The monoisotopic (exact) mass is 204 g/mol. The van der Waals surface area contributed by atoms with Crippen molar-refractivity contribution in [1.82, 2.24) is 9.97 Å². The molecule has 0 bridgehead atoms. The maximum atomic E-state index is 11.2. The maximum Gasteiger partial charge on any atom is 0.311 e. The van der Waals surface area contributed by atoms with E-state index in [0.29, 0.717) is 6.61 Å². The fraction of sp³-hybridized carbons (Fsp3) is 0.273. The van der Waals surface area contributed by atoms with Gasteiger partial charge in [0.25, 0.3) is 0 Å². The van der Waals surface area contributed by atoms with Crippen LogP contribution in [0.5, 0.6) is 0 Å². The molecule has 4 nitrogen and oxygen atoms in total. The molecule has 78 valence electrons. The fourth-order valence-electron chi connectivity index (χ4n) is 1.48. The Balaban J connectivity index is 2.18. The molecule has 0 aromatic carbocycles. The van der Waals surface area contributed by atoms with Gasteiger partial charge in [-0.15, -0.1) is 0 Å². The fourth-order valence-corrected chi connectivity index (χ4v) is 1.48. The van der Waals surface area contributed by atoms with Gasteiger partial charge < -0.3 is 9.72 Å². The quantitative estimate of drug-likeness (QED) is 0.774. The molecule has 2 aromatic heterocycles. The Morgan fingerprint density at radius 1 is 1.60 bits per heavy atom. The van der Waals surface area contributed by atoms with E-state index < -0.39 is 0 Å². The maximum absolute atomic E-state index is 11.2. The van der Waals surface area contributed by atoms with Crippen LogP contribution in [0.3, 0.4) is 0 Å². The largest absolute Gasteiger partial charge is 0.466 e. The predicted octanol–water partition coefficient (Wildman–Crippen LogP) is 1.67. The Kier molecular flexibility index (Phi) is 2.67. The molecule has 4 heteroatoms. The Morgan fingerprint density at radius 3 is 3.20 bits per heavy atom. The number of fused-ring (bicyclic) bond motifs is 1. The number of nitrogens with zero attached hydrogens (tertiary/aromatic N) is 1. The second-order valence-corrected chi connectivity index (χ2v) is 3.22. The molecule has 0 saturated carbocycles. The van der Waals surface area contributed by atoms with Gasteiger partial charge in [0.05, 0.1) is 13.0 Å². The van der Waals surface area contributed by atoms with E-state index in [-0.39, 0.29) is 12.4 Å². The molecule has 0 aliphatic rings. The lowest BCUT2D eigenvalue weighted by atomic mass is 10.3. The number of aromatic nitrogens is 2. The van der Waals surface area contributed by atoms with Gasteiger partial charge in [-0.05, 0) is 25.1 Å². The van der Waals surface area contributed by atoms with Crippen LogP contribution in [-0.2, 0) is 16.0 Å². The molecule has 2 heterocycles. The minimum atomic E-state index is -0.218. The zero-order chi connectivity index (χ0) is 10.7. The summed E-state index contributed by atoms with van der Waals surface area (Å²) in [6, 6.07) is 5.73. The summed E-state index contributed by atoms with van der Waals surface area (Å²) in [5.41, 5.74) is 1.64. The number of pyridine rings is 1. The summed E-state index contributed by atoms with van der Waals surface area (Å²) in [5.74, 6) is -0.218. The standard InChI is InChI=1S/C11H12N2O2/c1-2-15-10(14)7-9-6-8-4-3-5-12-11(8)13-9/h3-6H,2,7H2,1H3,(H,12,13). The van der Waals surface area contributed by atoms with Crippen LogP contribution in [0.25, 0.3) is 11.0 Å². The van der Waals surface area contributed by atoms with E-state index in [2.05, 4.69) is 9.97 Å². The van der Waals surface area contributed by atoms with Crippen molar-refractivity contribution in [3.05, 3.63) is 30.1 Å². The third kappa shape index (κ3) is 2.15. The number of ether oxygens (including phenoxy) is 1. The molecule has 0 amide bonds. The summed E-state index contributed by atoms with van der Waals surface area (Å²) in [6.45, 7) is 2.21. The lowest BCUT2D eigenvalue weighted by Gasteiger charge is -1.98. The average molecular weight is 204 g/mol. The number of H-pyrrole nitrogens is 1. The summed E-state index contributed by atoms with van der Waals surface area (Å²) in [5, 5.41) is 1.01. The highest BCUT2D eigenvalue weighted by Crippen LogP contribution is 2.12. The van der Waals surface area contributed by atoms with Gasteiger partial charge in [-0.1, -0.05) is 0 Å². The lowest BCUT2D eigenvalue weighted by Crippen LogP contribution is -2.07. The van der Waals surface area contributed by atoms with Crippen molar-refractivity contribution in [1.29, 1.82) is 0 Å². The number of hydrogen-bond donors (Lipinski definition) is 1. The van der Waals surface area contributed by atoms with Gasteiger partial charge in [0.2, 0.25) is 0 Å². The molecule has 1 N–H and O–H groups in total. The molecule has 0 atom stereocenters. The summed E-state index contributed by atoms with van der Waals surface area (Å²) in [7, 11) is 0. The van der Waals surface area contributed by atoms with Crippen molar-refractivity contribution >= 4 is 17.0 Å². The van der Waals surface area contributed by atoms with Crippen molar-refractivity contribution in [2.24, 2.45) is 0 Å². The van der Waals surface area contributed by atoms with E-state index in [1.54, 1.807) is 13.1 Å². The Morgan fingerprint density at radius 2 is 2.47 bits per heavy atom. The minimum absolute atomic E-state index is 0.218. The smallest absolute Gasteiger partial charge is 0.311 e. The normalized spacial score (nSPS) is 10.5. The first-order valence-electron chi connectivity index (χ1n) is 4.88. The SMILES string of the molecule is CCOC(=O)Cc1cc2cccnc2[nH]1. The zero-order valence-corrected chi connectivity index (χ0v) is 8.49. The molecule has 0 saturated heterocycles. The van der Waals surface area contributed by atoms with E-state index in [9.17, 15) is 4.79 Å². The van der Waals surface area contributed by atoms with Gasteiger partial charge in [0.1, 0.15) is 5.65 Å². The molecule has 2 rings (SSSR count). The summed E-state index contributed by atoms with van der Waals surface area (Å²) in [6.07, 6.45) is 1.98. The van der Waals surface area contributed by atoms with Gasteiger partial charge >= 0.3 is 5.97 Å². The molecule has 0 fully saturated rings. The van der Waals surface area contributed by atoms with Crippen molar-refractivity contribution in [3.8, 4) is 0 Å². The van der Waals surface area contributed by atoms with Gasteiger partial charge in [-0.2, -0.15) is 0 Å². The third-order valence-electron chi connectivity index (χ3n) is 2.09. The molecule has 0 spiro atoms. The molecule has 0 aliphatic carbocycles. The lowest BCUT2D eigenvalue weighted by molar-refractivity contribution is -0.142. The van der Waals surface area contributed by atoms with Crippen LogP contribution in [0.1, 0.15) is 12.6 Å². The first-order valence-corrected chi connectivity index (χ1v) is 4.88. The predicted molar refractivity (Wildman–Crippen MR) is 56.4 cm³/mol. The molecule has 0 radical (unpaired) electrons. The number of hydrogen-bond acceptors (Lipinski definition) is 3. The van der Waals surface area contributed by atoms with Crippen LogP contribution in [0.15, 0.2) is 24.4 Å². The molecule has 15 heavy (non-hydrogen) atoms. The van der Waals surface area contributed by atoms with Crippen LogP contribution in [0, 0.1) is 0 Å². The van der Waals surface area contributed by atoms with Gasteiger partial charge in [-0.3, -0.25) is 4.79 Å². The van der Waals surface area contributed by atoms with Gasteiger partial charge in [-0.25, -0.2) is 4.98 Å². The van der Waals surface area contributed by atoms with Crippen LogP contribution in [-0.4, -0.2) is 22.5 Å². The van der Waals surface area contributed by atoms with E-state index in [1.807, 2.05) is 18.2 Å². The number of rotatable bonds is 3. The second kappa shape index (κ2) is 4.13. The number of esters is 1. The van der Waals surface area contributed by atoms with Crippen LogP contribution < -0.4 is 0 Å². The minimum Gasteiger partial charge on any atom is -0.466 e. The van der Waals surface area contributed by atoms with E-state index in [4.69, 9.17) is 4.74 Å². The number of carbonyl (C=O) groups excluding carboxylic acids is 1. The first kappa shape index (κ1) is 9.71. The van der Waals surface area contributed by atoms with Crippen molar-refractivity contribution in [2.75, 3.05) is 6.61 Å². The molecular formula is C11H12N2O2. The van der Waals surface area contributed by atoms with Crippen LogP contribution in [0.2, 0.25) is 0 Å². The van der Waals surface area contributed by atoms with E-state index in [0.717, 1.165) is 16.7 Å². The third-order valence-corrected chi connectivity index (χ3v) is 2.09. The number of nitrogens with one attached hydrogen (secondary N) is 1. The highest BCUT2D eigenvalue weighted by Gasteiger charge is 2.06. The van der Waals surface area contributed by atoms with E-state index in [1.165, 1.54) is 0 Å². The highest BCUT2D eigenvalue weighted by molar-refractivity contribution is 5.79. The number of aromatic amines is 1. The Bertz CT molecular complexity index is 443. The Labute approximate surface area is 87.3 Å². The molecular weight excluding hydrogens is 192 g/mol. The van der Waals surface area contributed by atoms with Crippen LogP contribution >= 0.6 is 0 Å². The topological polar surface area (TPSA) is 55.0 Å². The second-order valence-electron chi connectivity index (χ2n) is 3.22. The summed E-state index contributed by atoms with van der Waals surface area (Å²) in [4.78, 5) is 18.4. The highest BCUT2D eigenvalue weighted by atomic mass is 16.5. The summed E-state index contributed by atoms with van der Waals surface area (Å²) >= 11 is 0.